The van der Waals surface area contributed by atoms with Crippen molar-refractivity contribution in [3.63, 3.8) is 0 Å². The molecule has 0 aliphatic rings. The molecule has 0 saturated heterocycles. The monoisotopic (exact) mass is 410 g/mol. The van der Waals surface area contributed by atoms with Gasteiger partial charge in [0.05, 0.1) is 30.0 Å². The molecule has 0 amide bonds. The maximum absolute atomic E-state index is 8.96. The number of aromatic nitrogens is 2. The van der Waals surface area contributed by atoms with Gasteiger partial charge in [0.15, 0.2) is 0 Å². The standard InChI is InChI=1S/C24H22N6O/c1-16-11-19(5-4-10-25)12-17(2)23(16)29-22-13-21(15-31-3)28-24(30-22)27-20-8-6-18(14-26)7-9-20/h4-9,11-13H,15H2,1-3H3,(H2,27,28,29,30)/b5-4+. The number of allylic oxidation sites excluding steroid dienone is 1. The van der Waals surface area contributed by atoms with E-state index in [1.54, 1.807) is 37.5 Å². The summed E-state index contributed by atoms with van der Waals surface area (Å²) in [6, 6.07) is 17.1. The van der Waals surface area contributed by atoms with Crippen LogP contribution in [0.2, 0.25) is 0 Å². The average molecular weight is 410 g/mol. The molecule has 31 heavy (non-hydrogen) atoms. The van der Waals surface area contributed by atoms with E-state index in [0.717, 1.165) is 33.8 Å². The van der Waals surface area contributed by atoms with E-state index >= 15 is 0 Å². The largest absolute Gasteiger partial charge is 0.378 e. The highest BCUT2D eigenvalue weighted by Gasteiger charge is 2.10. The minimum atomic E-state index is 0.342. The molecule has 3 aromatic rings. The van der Waals surface area contributed by atoms with Gasteiger partial charge in [0.1, 0.15) is 5.82 Å². The van der Waals surface area contributed by atoms with Gasteiger partial charge in [-0.3, -0.25) is 0 Å². The zero-order chi connectivity index (χ0) is 22.2. The third kappa shape index (κ3) is 5.66. The Kier molecular flexibility index (Phi) is 6.95. The summed E-state index contributed by atoms with van der Waals surface area (Å²) >= 11 is 0. The minimum absolute atomic E-state index is 0.342. The molecule has 0 saturated carbocycles. The van der Waals surface area contributed by atoms with Crippen LogP contribution >= 0.6 is 0 Å². The molecule has 0 radical (unpaired) electrons. The van der Waals surface area contributed by atoms with Gasteiger partial charge in [-0.05, 0) is 73.0 Å². The van der Waals surface area contributed by atoms with E-state index in [1.165, 1.54) is 6.08 Å². The molecule has 1 heterocycles. The number of benzene rings is 2. The number of aryl methyl sites for hydroxylation is 2. The fourth-order valence-corrected chi connectivity index (χ4v) is 3.15. The van der Waals surface area contributed by atoms with Crippen molar-refractivity contribution in [3.8, 4) is 12.1 Å². The Morgan fingerprint density at radius 2 is 1.71 bits per heavy atom. The molecule has 0 fully saturated rings. The molecule has 0 atom stereocenters. The van der Waals surface area contributed by atoms with Crippen molar-refractivity contribution in [2.24, 2.45) is 0 Å². The van der Waals surface area contributed by atoms with Gasteiger partial charge in [-0.25, -0.2) is 4.98 Å². The van der Waals surface area contributed by atoms with Crippen molar-refractivity contribution >= 4 is 29.2 Å². The van der Waals surface area contributed by atoms with Crippen molar-refractivity contribution in [2.75, 3.05) is 17.7 Å². The van der Waals surface area contributed by atoms with Crippen LogP contribution in [0, 0.1) is 36.5 Å². The summed E-state index contributed by atoms with van der Waals surface area (Å²) in [7, 11) is 1.62. The van der Waals surface area contributed by atoms with E-state index in [9.17, 15) is 0 Å². The van der Waals surface area contributed by atoms with E-state index in [1.807, 2.05) is 38.1 Å². The summed E-state index contributed by atoms with van der Waals surface area (Å²) in [4.78, 5) is 9.10. The Bertz CT molecular complexity index is 1160. The number of hydrogen-bond donors (Lipinski definition) is 2. The van der Waals surface area contributed by atoms with Gasteiger partial charge in [0.2, 0.25) is 5.95 Å². The molecule has 2 aromatic carbocycles. The minimum Gasteiger partial charge on any atom is -0.378 e. The van der Waals surface area contributed by atoms with E-state index in [-0.39, 0.29) is 0 Å². The second-order valence-corrected chi connectivity index (χ2v) is 6.93. The van der Waals surface area contributed by atoms with Crippen LogP contribution in [0.5, 0.6) is 0 Å². The Labute approximate surface area is 181 Å². The van der Waals surface area contributed by atoms with E-state index in [0.29, 0.717) is 23.9 Å². The smallest absolute Gasteiger partial charge is 0.229 e. The third-order valence-electron chi connectivity index (χ3n) is 4.50. The van der Waals surface area contributed by atoms with Gasteiger partial charge in [0.25, 0.3) is 0 Å². The highest BCUT2D eigenvalue weighted by atomic mass is 16.5. The lowest BCUT2D eigenvalue weighted by atomic mass is 10.0. The first-order chi connectivity index (χ1) is 15.0. The molecule has 7 nitrogen and oxygen atoms in total. The summed E-state index contributed by atoms with van der Waals surface area (Å²) in [5.41, 5.74) is 6.06. The number of hydrogen-bond acceptors (Lipinski definition) is 7. The molecular formula is C24H22N6O. The molecule has 0 aliphatic heterocycles. The van der Waals surface area contributed by atoms with Gasteiger partial charge in [-0.1, -0.05) is 0 Å². The topological polar surface area (TPSA) is 107 Å². The lowest BCUT2D eigenvalue weighted by Crippen LogP contribution is -2.06. The third-order valence-corrected chi connectivity index (χ3v) is 4.50. The molecule has 3 rings (SSSR count). The van der Waals surface area contributed by atoms with Crippen molar-refractivity contribution in [1.29, 1.82) is 10.5 Å². The Morgan fingerprint density at radius 3 is 2.32 bits per heavy atom. The zero-order valence-electron chi connectivity index (χ0n) is 17.6. The summed E-state index contributed by atoms with van der Waals surface area (Å²) in [6.07, 6.45) is 3.24. The molecule has 1 aromatic heterocycles. The first kappa shape index (κ1) is 21.5. The average Bonchev–Trinajstić information content (AvgIpc) is 2.75. The molecule has 0 spiro atoms. The molecule has 0 unspecified atom stereocenters. The fraction of sp³-hybridized carbons (Fsp3) is 0.167. The fourth-order valence-electron chi connectivity index (χ4n) is 3.15. The highest BCUT2D eigenvalue weighted by molar-refractivity contribution is 5.69. The van der Waals surface area contributed by atoms with Crippen LogP contribution in [0.3, 0.4) is 0 Å². The second kappa shape index (κ2) is 10.0. The van der Waals surface area contributed by atoms with Gasteiger partial charge >= 0.3 is 0 Å². The van der Waals surface area contributed by atoms with Crippen molar-refractivity contribution in [2.45, 2.75) is 20.5 Å². The van der Waals surface area contributed by atoms with Crippen LogP contribution < -0.4 is 10.6 Å². The quantitative estimate of drug-likeness (QED) is 0.520. The zero-order valence-corrected chi connectivity index (χ0v) is 17.6. The first-order valence-corrected chi connectivity index (χ1v) is 9.61. The Balaban J connectivity index is 1.91. The summed E-state index contributed by atoms with van der Waals surface area (Å²) in [5, 5.41) is 24.3. The number of ether oxygens (including phenoxy) is 1. The van der Waals surface area contributed by atoms with Crippen LogP contribution in [0.15, 0.2) is 48.5 Å². The Morgan fingerprint density at radius 1 is 1.00 bits per heavy atom. The normalized spacial score (nSPS) is 10.5. The number of nitrogens with zero attached hydrogens (tertiary/aromatic N) is 4. The molecule has 2 N–H and O–H groups in total. The SMILES string of the molecule is COCc1cc(Nc2c(C)cc(/C=C/C#N)cc2C)nc(Nc2ccc(C#N)cc2)n1. The van der Waals surface area contributed by atoms with Crippen LogP contribution in [0.25, 0.3) is 6.08 Å². The van der Waals surface area contributed by atoms with Gasteiger partial charge < -0.3 is 15.4 Å². The molecule has 154 valence electrons. The van der Waals surface area contributed by atoms with Crippen LogP contribution in [-0.2, 0) is 11.3 Å². The predicted octanol–water partition coefficient (Wildman–Crippen LogP) is 5.14. The Hall–Kier alpha value is -4.20. The van der Waals surface area contributed by atoms with Gasteiger partial charge in [-0.15, -0.1) is 0 Å². The number of nitrogens with one attached hydrogen (secondary N) is 2. The van der Waals surface area contributed by atoms with Crippen LogP contribution in [-0.4, -0.2) is 17.1 Å². The maximum atomic E-state index is 8.96. The van der Waals surface area contributed by atoms with Crippen LogP contribution in [0.1, 0.15) is 27.9 Å². The maximum Gasteiger partial charge on any atom is 0.229 e. The van der Waals surface area contributed by atoms with Crippen molar-refractivity contribution in [1.82, 2.24) is 9.97 Å². The number of methoxy groups -OCH3 is 1. The van der Waals surface area contributed by atoms with E-state index in [4.69, 9.17) is 15.3 Å². The summed E-state index contributed by atoms with van der Waals surface area (Å²) in [5.74, 6) is 1.05. The number of nitriles is 2. The van der Waals surface area contributed by atoms with E-state index in [2.05, 4.69) is 26.7 Å². The highest BCUT2D eigenvalue weighted by Crippen LogP contribution is 2.27. The van der Waals surface area contributed by atoms with Gasteiger partial charge in [-0.2, -0.15) is 15.5 Å². The van der Waals surface area contributed by atoms with Crippen molar-refractivity contribution in [3.05, 3.63) is 76.5 Å². The van der Waals surface area contributed by atoms with Crippen molar-refractivity contribution < 1.29 is 4.74 Å². The first-order valence-electron chi connectivity index (χ1n) is 9.61. The molecule has 7 heteroatoms. The van der Waals surface area contributed by atoms with Gasteiger partial charge in [0, 0.05) is 30.6 Å². The van der Waals surface area contributed by atoms with E-state index < -0.39 is 0 Å². The second-order valence-electron chi connectivity index (χ2n) is 6.93. The summed E-state index contributed by atoms with van der Waals surface area (Å²) in [6.45, 7) is 4.35. The lowest BCUT2D eigenvalue weighted by Gasteiger charge is -2.15. The number of anilines is 4. The predicted molar refractivity (Wildman–Crippen MR) is 121 cm³/mol. The lowest BCUT2D eigenvalue weighted by molar-refractivity contribution is 0.181. The number of rotatable bonds is 7. The van der Waals surface area contributed by atoms with Crippen LogP contribution in [0.4, 0.5) is 23.1 Å². The molecule has 0 bridgehead atoms. The molecular weight excluding hydrogens is 388 g/mol. The summed E-state index contributed by atoms with van der Waals surface area (Å²) < 4.78 is 5.25. The molecule has 0 aliphatic carbocycles.